The van der Waals surface area contributed by atoms with Crippen molar-refractivity contribution in [2.75, 3.05) is 37.8 Å². The zero-order valence-corrected chi connectivity index (χ0v) is 23.6. The van der Waals surface area contributed by atoms with Crippen molar-refractivity contribution in [2.24, 2.45) is 5.10 Å². The molecule has 2 aromatic rings. The first kappa shape index (κ1) is 28.7. The summed E-state index contributed by atoms with van der Waals surface area (Å²) in [5.74, 6) is 0.806. The van der Waals surface area contributed by atoms with Gasteiger partial charge in [-0.1, -0.05) is 65.8 Å². The summed E-state index contributed by atoms with van der Waals surface area (Å²) in [5.41, 5.74) is 7.48. The lowest BCUT2D eigenvalue weighted by atomic mass is 9.76. The maximum atomic E-state index is 12.3. The van der Waals surface area contributed by atoms with Gasteiger partial charge < -0.3 is 14.4 Å². The van der Waals surface area contributed by atoms with E-state index in [-0.39, 0.29) is 16.7 Å². The van der Waals surface area contributed by atoms with Gasteiger partial charge in [0.05, 0.1) is 26.0 Å². The Hall–Kier alpha value is -2.86. The van der Waals surface area contributed by atoms with Gasteiger partial charge in [-0.15, -0.1) is 0 Å². The standard InChI is InChI=1S/C31H45N3O3/c1-7-30(3,4)25-13-16-28(27(22-25)31(5,6)8-2)37-19-9-10-29(35)33-32-23-24-11-14-26(15-12-24)34-17-20-36-21-18-34/h11-16,22-23H,7-10,17-21H2,1-6H3,(H,33,35)/b32-23+. The van der Waals surface area contributed by atoms with Crippen LogP contribution in [0.4, 0.5) is 5.69 Å². The lowest BCUT2D eigenvalue weighted by molar-refractivity contribution is -0.121. The summed E-state index contributed by atoms with van der Waals surface area (Å²) in [4.78, 5) is 14.6. The number of anilines is 1. The maximum absolute atomic E-state index is 12.3. The van der Waals surface area contributed by atoms with E-state index >= 15 is 0 Å². The summed E-state index contributed by atoms with van der Waals surface area (Å²) >= 11 is 0. The highest BCUT2D eigenvalue weighted by molar-refractivity contribution is 5.82. The molecule has 0 unspecified atom stereocenters. The number of carbonyl (C=O) groups excluding carboxylic acids is 1. The molecule has 0 bridgehead atoms. The van der Waals surface area contributed by atoms with Gasteiger partial charge in [0, 0.05) is 30.8 Å². The number of hydrogen-bond acceptors (Lipinski definition) is 5. The van der Waals surface area contributed by atoms with Gasteiger partial charge in [0.15, 0.2) is 0 Å². The Morgan fingerprint density at radius 2 is 1.70 bits per heavy atom. The maximum Gasteiger partial charge on any atom is 0.240 e. The van der Waals surface area contributed by atoms with Crippen molar-refractivity contribution in [1.29, 1.82) is 0 Å². The van der Waals surface area contributed by atoms with Crippen LogP contribution < -0.4 is 15.1 Å². The van der Waals surface area contributed by atoms with Crippen molar-refractivity contribution in [1.82, 2.24) is 5.43 Å². The fourth-order valence-corrected chi connectivity index (χ4v) is 4.24. The monoisotopic (exact) mass is 507 g/mol. The van der Waals surface area contributed by atoms with Gasteiger partial charge in [-0.2, -0.15) is 5.10 Å². The second-order valence-corrected chi connectivity index (χ2v) is 11.1. The van der Waals surface area contributed by atoms with Crippen LogP contribution in [0, 0.1) is 0 Å². The molecule has 1 heterocycles. The Kier molecular flexibility index (Phi) is 10.2. The lowest BCUT2D eigenvalue weighted by Crippen LogP contribution is -2.36. The number of amides is 1. The molecule has 37 heavy (non-hydrogen) atoms. The van der Waals surface area contributed by atoms with Gasteiger partial charge in [0.25, 0.3) is 0 Å². The van der Waals surface area contributed by atoms with E-state index in [1.807, 2.05) is 12.1 Å². The molecular weight excluding hydrogens is 462 g/mol. The highest BCUT2D eigenvalue weighted by atomic mass is 16.5. The van der Waals surface area contributed by atoms with Crippen molar-refractivity contribution < 1.29 is 14.3 Å². The third kappa shape index (κ3) is 8.06. The van der Waals surface area contributed by atoms with Gasteiger partial charge in [0.1, 0.15) is 5.75 Å². The molecule has 0 spiro atoms. The summed E-state index contributed by atoms with van der Waals surface area (Å²) in [6.45, 7) is 17.4. The van der Waals surface area contributed by atoms with Gasteiger partial charge in [-0.25, -0.2) is 5.43 Å². The zero-order chi connectivity index (χ0) is 26.9. The number of morpholine rings is 1. The van der Waals surface area contributed by atoms with Crippen molar-refractivity contribution in [2.45, 2.75) is 78.1 Å². The van der Waals surface area contributed by atoms with Crippen LogP contribution in [-0.4, -0.2) is 45.0 Å². The second kappa shape index (κ2) is 13.1. The van der Waals surface area contributed by atoms with Crippen LogP contribution in [0.5, 0.6) is 5.75 Å². The summed E-state index contributed by atoms with van der Waals surface area (Å²) in [6, 6.07) is 14.8. The predicted molar refractivity (Wildman–Crippen MR) is 153 cm³/mol. The molecule has 0 saturated carbocycles. The van der Waals surface area contributed by atoms with Crippen molar-refractivity contribution in [3.63, 3.8) is 0 Å². The Bertz CT molecular complexity index is 1040. The molecule has 0 radical (unpaired) electrons. The van der Waals surface area contributed by atoms with Gasteiger partial charge >= 0.3 is 0 Å². The van der Waals surface area contributed by atoms with Gasteiger partial charge in [-0.3, -0.25) is 4.79 Å². The zero-order valence-electron chi connectivity index (χ0n) is 23.6. The minimum atomic E-state index is -0.112. The minimum absolute atomic E-state index is 0.0155. The van der Waals surface area contributed by atoms with Crippen LogP contribution >= 0.6 is 0 Å². The molecule has 3 rings (SSSR count). The average Bonchev–Trinajstić information content (AvgIpc) is 2.92. The first-order valence-corrected chi connectivity index (χ1v) is 13.7. The van der Waals surface area contributed by atoms with Crippen molar-refractivity contribution >= 4 is 17.8 Å². The molecule has 202 valence electrons. The third-order valence-corrected chi connectivity index (χ3v) is 7.74. The van der Waals surface area contributed by atoms with E-state index in [1.54, 1.807) is 6.21 Å². The molecule has 1 saturated heterocycles. The average molecular weight is 508 g/mol. The summed E-state index contributed by atoms with van der Waals surface area (Å²) < 4.78 is 11.6. The van der Waals surface area contributed by atoms with Crippen LogP contribution in [0.15, 0.2) is 47.6 Å². The Morgan fingerprint density at radius 3 is 2.35 bits per heavy atom. The molecule has 0 aromatic heterocycles. The molecule has 0 aliphatic carbocycles. The molecule has 0 atom stereocenters. The first-order valence-electron chi connectivity index (χ1n) is 13.7. The van der Waals surface area contributed by atoms with E-state index in [2.05, 4.69) is 87.3 Å². The second-order valence-electron chi connectivity index (χ2n) is 11.1. The van der Waals surface area contributed by atoms with Crippen LogP contribution in [0.25, 0.3) is 0 Å². The van der Waals surface area contributed by atoms with Crippen molar-refractivity contribution in [3.8, 4) is 5.75 Å². The number of carbonyl (C=O) groups is 1. The molecule has 6 nitrogen and oxygen atoms in total. The number of hydrazone groups is 1. The summed E-state index contributed by atoms with van der Waals surface area (Å²) in [5, 5.41) is 4.12. The molecule has 1 amide bonds. The smallest absolute Gasteiger partial charge is 0.240 e. The van der Waals surface area contributed by atoms with Crippen LogP contribution in [0.2, 0.25) is 0 Å². The van der Waals surface area contributed by atoms with E-state index in [1.165, 1.54) is 16.8 Å². The number of hydrogen-bond donors (Lipinski definition) is 1. The van der Waals surface area contributed by atoms with Crippen LogP contribution in [-0.2, 0) is 20.4 Å². The largest absolute Gasteiger partial charge is 0.493 e. The summed E-state index contributed by atoms with van der Waals surface area (Å²) in [7, 11) is 0. The molecule has 1 aliphatic rings. The number of rotatable bonds is 12. The predicted octanol–water partition coefficient (Wildman–Crippen LogP) is 6.21. The van der Waals surface area contributed by atoms with E-state index in [0.717, 1.165) is 50.5 Å². The fourth-order valence-electron chi connectivity index (χ4n) is 4.24. The number of nitrogens with zero attached hydrogens (tertiary/aromatic N) is 2. The van der Waals surface area contributed by atoms with E-state index in [0.29, 0.717) is 19.4 Å². The Labute approximate surface area is 223 Å². The Balaban J connectivity index is 1.47. The molecule has 1 aliphatic heterocycles. The lowest BCUT2D eigenvalue weighted by Gasteiger charge is -2.30. The third-order valence-electron chi connectivity index (χ3n) is 7.74. The van der Waals surface area contributed by atoms with Crippen LogP contribution in [0.3, 0.4) is 0 Å². The number of benzene rings is 2. The first-order chi connectivity index (χ1) is 17.7. The molecule has 2 aromatic carbocycles. The summed E-state index contributed by atoms with van der Waals surface area (Å²) in [6.07, 6.45) is 4.77. The van der Waals surface area contributed by atoms with E-state index in [4.69, 9.17) is 9.47 Å². The van der Waals surface area contributed by atoms with E-state index < -0.39 is 0 Å². The molecule has 1 fully saturated rings. The van der Waals surface area contributed by atoms with Gasteiger partial charge in [-0.05, 0) is 59.4 Å². The van der Waals surface area contributed by atoms with Gasteiger partial charge in [0.2, 0.25) is 5.91 Å². The fraction of sp³-hybridized carbons (Fsp3) is 0.548. The minimum Gasteiger partial charge on any atom is -0.493 e. The molecule has 6 heteroatoms. The van der Waals surface area contributed by atoms with Crippen molar-refractivity contribution in [3.05, 3.63) is 59.2 Å². The SMILES string of the molecule is CCC(C)(C)c1ccc(OCCCC(=O)N/N=C/c2ccc(N3CCOCC3)cc2)c(C(C)(C)CC)c1. The molecule has 1 N–H and O–H groups in total. The Morgan fingerprint density at radius 1 is 1.03 bits per heavy atom. The quantitative estimate of drug-likeness (QED) is 0.211. The number of nitrogens with one attached hydrogen (secondary N) is 1. The normalized spacial score (nSPS) is 14.7. The highest BCUT2D eigenvalue weighted by Crippen LogP contribution is 2.38. The van der Waals surface area contributed by atoms with Crippen LogP contribution in [0.1, 0.15) is 83.9 Å². The molecular formula is C31H45N3O3. The van der Waals surface area contributed by atoms with E-state index in [9.17, 15) is 4.79 Å². The number of ether oxygens (including phenoxy) is 2. The highest BCUT2D eigenvalue weighted by Gasteiger charge is 2.26. The topological polar surface area (TPSA) is 63.2 Å².